The average Bonchev–Trinajstić information content (AvgIpc) is 3.09. The monoisotopic (exact) mass is 608 g/mol. The van der Waals surface area contributed by atoms with Crippen LogP contribution in [0.2, 0.25) is 0 Å². The first-order valence-electron chi connectivity index (χ1n) is 13.8. The van der Waals surface area contributed by atoms with Crippen LogP contribution in [0, 0.1) is 17.2 Å². The van der Waals surface area contributed by atoms with Gasteiger partial charge in [0.05, 0.1) is 26.9 Å². The molecule has 0 aromatic rings. The lowest BCUT2D eigenvalue weighted by atomic mass is 9.97. The lowest BCUT2D eigenvalue weighted by Crippen LogP contribution is -2.50. The molecule has 6 N–H and O–H groups in total. The molecule has 1 saturated heterocycles. The first-order chi connectivity index (χ1) is 19.1. The highest BCUT2D eigenvalue weighted by Gasteiger charge is 2.52. The molecule has 14 nitrogen and oxygen atoms in total. The highest BCUT2D eigenvalue weighted by Crippen LogP contribution is 2.42. The highest BCUT2D eigenvalue weighted by atomic mass is 31.2. The summed E-state index contributed by atoms with van der Waals surface area (Å²) in [6, 6.07) is -2.08. The van der Waals surface area contributed by atoms with E-state index in [1.54, 1.807) is 13.8 Å². The van der Waals surface area contributed by atoms with Crippen molar-refractivity contribution >= 4 is 25.5 Å². The topological polar surface area (TPSA) is 198 Å². The fourth-order valence-corrected chi connectivity index (χ4v) is 5.89. The summed E-state index contributed by atoms with van der Waals surface area (Å²) >= 11 is 0. The minimum absolute atomic E-state index is 0.0106. The van der Waals surface area contributed by atoms with E-state index in [1.165, 1.54) is 26.3 Å². The zero-order valence-electron chi connectivity index (χ0n) is 25.3. The molecule has 6 atom stereocenters. The normalized spacial score (nSPS) is 24.4. The Bertz CT molecular complexity index is 892. The van der Waals surface area contributed by atoms with Gasteiger partial charge in [0.25, 0.3) is 0 Å². The maximum atomic E-state index is 14.3. The number of ether oxygens (including phenoxy) is 4. The lowest BCUT2D eigenvalue weighted by Gasteiger charge is -2.30. The van der Waals surface area contributed by atoms with E-state index in [4.69, 9.17) is 28.9 Å². The number of esters is 2. The van der Waals surface area contributed by atoms with Gasteiger partial charge in [-0.2, -0.15) is 0 Å². The van der Waals surface area contributed by atoms with Gasteiger partial charge in [-0.1, -0.05) is 27.7 Å². The van der Waals surface area contributed by atoms with Crippen LogP contribution in [-0.2, 0) is 37.6 Å². The summed E-state index contributed by atoms with van der Waals surface area (Å²) in [6.07, 6.45) is -0.632. The Morgan fingerprint density at radius 3 is 1.95 bits per heavy atom. The average molecular weight is 609 g/mol. The highest BCUT2D eigenvalue weighted by molar-refractivity contribution is 7.54. The quantitative estimate of drug-likeness (QED) is 0.0571. The molecule has 0 radical (unpaired) electrons. The maximum absolute atomic E-state index is 14.3. The summed E-state index contributed by atoms with van der Waals surface area (Å²) in [5.74, 6) is -1.40. The Balaban J connectivity index is 3.27. The largest absolute Gasteiger partial charge is 0.481 e. The first-order valence-corrected chi connectivity index (χ1v) is 15.5. The molecule has 1 aliphatic heterocycles. The molecule has 0 aliphatic carbocycles. The van der Waals surface area contributed by atoms with Crippen LogP contribution in [-0.4, -0.2) is 91.1 Å². The van der Waals surface area contributed by atoms with Crippen LogP contribution in [0.1, 0.15) is 61.3 Å². The second kappa shape index (κ2) is 17.2. The van der Waals surface area contributed by atoms with Gasteiger partial charge < -0.3 is 39.0 Å². The van der Waals surface area contributed by atoms with E-state index < -0.39 is 62.3 Å². The number of methoxy groups -OCH3 is 1. The summed E-state index contributed by atoms with van der Waals surface area (Å²) in [4.78, 5) is 25.5. The van der Waals surface area contributed by atoms with Crippen molar-refractivity contribution in [2.24, 2.45) is 11.8 Å². The van der Waals surface area contributed by atoms with Crippen molar-refractivity contribution in [1.29, 1.82) is 5.41 Å². The zero-order chi connectivity index (χ0) is 31.4. The van der Waals surface area contributed by atoms with Crippen molar-refractivity contribution < 1.29 is 47.8 Å². The molecule has 1 fully saturated rings. The molecule has 0 unspecified atom stereocenters. The standard InChI is InChI=1S/C26H49N4O10P/c1-9-37-23(32)18(13-16(3)4)29-41(35,30-19(14-17(5)6)24(33)38-10-2)39-15-20-22(31)26(7,34)25(40-20)28-12-11-21(27)36-8/h11-12,16-20,22,25,27-28,31,34H,9-10,13-15H2,1-8H3,(H2,29,30,35)/b12-11-,27-21?/t18-,19-,20+,22+,25+,26+/m0/s1. The smallest absolute Gasteiger partial charge is 0.342 e. The van der Waals surface area contributed by atoms with Crippen LogP contribution in [0.3, 0.4) is 0 Å². The number of aliphatic hydroxyl groups is 2. The molecule has 41 heavy (non-hydrogen) atoms. The summed E-state index contributed by atoms with van der Waals surface area (Å²) < 4.78 is 40.9. The second-order valence-electron chi connectivity index (χ2n) is 10.8. The van der Waals surface area contributed by atoms with E-state index in [9.17, 15) is 24.4 Å². The van der Waals surface area contributed by atoms with Crippen molar-refractivity contribution in [3.8, 4) is 0 Å². The number of nitrogens with one attached hydrogen (secondary N) is 4. The molecular weight excluding hydrogens is 559 g/mol. The van der Waals surface area contributed by atoms with Gasteiger partial charge in [0.2, 0.25) is 5.90 Å². The third-order valence-electron chi connectivity index (χ3n) is 6.12. The van der Waals surface area contributed by atoms with E-state index in [0.29, 0.717) is 0 Å². The zero-order valence-corrected chi connectivity index (χ0v) is 26.2. The molecule has 0 amide bonds. The van der Waals surface area contributed by atoms with E-state index in [2.05, 4.69) is 15.5 Å². The van der Waals surface area contributed by atoms with Crippen molar-refractivity contribution in [2.45, 2.75) is 97.4 Å². The molecular formula is C26H49N4O10P. The fraction of sp³-hybridized carbons (Fsp3) is 0.808. The van der Waals surface area contributed by atoms with Gasteiger partial charge in [0.15, 0.2) is 6.23 Å². The van der Waals surface area contributed by atoms with Crippen molar-refractivity contribution in [2.75, 3.05) is 26.9 Å². The minimum Gasteiger partial charge on any atom is -0.481 e. The van der Waals surface area contributed by atoms with Crippen molar-refractivity contribution in [3.05, 3.63) is 12.3 Å². The number of hydrogen-bond acceptors (Lipinski definition) is 12. The van der Waals surface area contributed by atoms with E-state index in [1.807, 2.05) is 27.7 Å². The van der Waals surface area contributed by atoms with Crippen LogP contribution in [0.15, 0.2) is 12.3 Å². The number of hydrogen-bond donors (Lipinski definition) is 6. The Hall–Kier alpha value is -2.06. The summed E-state index contributed by atoms with van der Waals surface area (Å²) in [6.45, 7) is 11.9. The van der Waals surface area contributed by atoms with Gasteiger partial charge in [-0.25, -0.2) is 10.2 Å². The molecule has 0 spiro atoms. The predicted molar refractivity (Wildman–Crippen MR) is 152 cm³/mol. The molecule has 238 valence electrons. The van der Waals surface area contributed by atoms with Crippen LogP contribution in [0.25, 0.3) is 0 Å². The first kappa shape index (κ1) is 37.0. The lowest BCUT2D eigenvalue weighted by molar-refractivity contribution is -0.146. The third kappa shape index (κ3) is 12.0. The van der Waals surface area contributed by atoms with Gasteiger partial charge in [0, 0.05) is 12.3 Å². The molecule has 15 heteroatoms. The molecule has 1 aliphatic rings. The number of carbonyl (C=O) groups excluding carboxylic acids is 2. The number of rotatable bonds is 18. The number of carbonyl (C=O) groups is 2. The van der Waals surface area contributed by atoms with E-state index in [-0.39, 0.29) is 43.8 Å². The van der Waals surface area contributed by atoms with Crippen LogP contribution in [0.5, 0.6) is 0 Å². The summed E-state index contributed by atoms with van der Waals surface area (Å²) in [7, 11) is -2.90. The Kier molecular flexibility index (Phi) is 15.5. The summed E-state index contributed by atoms with van der Waals surface area (Å²) in [5, 5.41) is 37.4. The molecule has 0 aromatic carbocycles. The van der Waals surface area contributed by atoms with Crippen molar-refractivity contribution in [1.82, 2.24) is 15.5 Å². The Labute approximate surface area is 242 Å². The predicted octanol–water partition coefficient (Wildman–Crippen LogP) is 1.81. The maximum Gasteiger partial charge on any atom is 0.342 e. The fourth-order valence-electron chi connectivity index (χ4n) is 4.07. The molecule has 0 aromatic heterocycles. The van der Waals surface area contributed by atoms with Gasteiger partial charge in [0.1, 0.15) is 29.9 Å². The van der Waals surface area contributed by atoms with Gasteiger partial charge in [-0.05, 0) is 45.4 Å². The molecule has 1 heterocycles. The van der Waals surface area contributed by atoms with Crippen molar-refractivity contribution in [3.63, 3.8) is 0 Å². The van der Waals surface area contributed by atoms with Gasteiger partial charge in [-0.3, -0.25) is 19.6 Å². The van der Waals surface area contributed by atoms with Crippen LogP contribution >= 0.6 is 7.67 Å². The van der Waals surface area contributed by atoms with E-state index >= 15 is 0 Å². The number of aliphatic hydroxyl groups excluding tert-OH is 1. The molecule has 0 bridgehead atoms. The van der Waals surface area contributed by atoms with Gasteiger partial charge >= 0.3 is 19.6 Å². The minimum atomic E-state index is -4.23. The van der Waals surface area contributed by atoms with E-state index in [0.717, 1.165) is 0 Å². The SMILES string of the molecule is CCOC(=O)[C@H](CC(C)C)NP(=O)(N[C@@H](CC(C)C)C(=O)OCC)OC[C@H]1O[C@@H](N/C=C\C(=N)OC)[C@](C)(O)[C@@H]1O. The Morgan fingerprint density at radius 1 is 1.05 bits per heavy atom. The second-order valence-corrected chi connectivity index (χ2v) is 12.6. The summed E-state index contributed by atoms with van der Waals surface area (Å²) in [5.41, 5.74) is -1.80. The van der Waals surface area contributed by atoms with Gasteiger partial charge in [-0.15, -0.1) is 0 Å². The molecule has 1 rings (SSSR count). The Morgan fingerprint density at radius 2 is 1.54 bits per heavy atom. The molecule has 0 saturated carbocycles. The van der Waals surface area contributed by atoms with Crippen LogP contribution in [0.4, 0.5) is 0 Å². The van der Waals surface area contributed by atoms with Crippen LogP contribution < -0.4 is 15.5 Å². The third-order valence-corrected chi connectivity index (χ3v) is 7.94.